The fourth-order valence-electron chi connectivity index (χ4n) is 3.10. The molecular weight excluding hydrogens is 392 g/mol. The molecule has 3 rings (SSSR count). The SMILES string of the molecule is CCSc1nc(N2CCOCC2)cc(C)c1C(=O)NCc1ccc([N+](=O)[O-])cc1. The van der Waals surface area contributed by atoms with Gasteiger partial charge < -0.3 is 15.0 Å². The van der Waals surface area contributed by atoms with Gasteiger partial charge in [0.2, 0.25) is 0 Å². The van der Waals surface area contributed by atoms with Crippen molar-refractivity contribution < 1.29 is 14.5 Å². The van der Waals surface area contributed by atoms with E-state index < -0.39 is 4.92 Å². The number of amides is 1. The minimum Gasteiger partial charge on any atom is -0.378 e. The first-order chi connectivity index (χ1) is 14.0. The standard InChI is InChI=1S/C20H24N4O4S/c1-3-29-20-18(14(2)12-17(22-20)23-8-10-28-11-9-23)19(25)21-13-15-4-6-16(7-5-15)24(26)27/h4-7,12H,3,8-11,13H2,1-2H3,(H,21,25). The smallest absolute Gasteiger partial charge is 0.269 e. The predicted octanol–water partition coefficient (Wildman–Crippen LogP) is 3.18. The van der Waals surface area contributed by atoms with E-state index in [4.69, 9.17) is 9.72 Å². The van der Waals surface area contributed by atoms with Gasteiger partial charge in [0, 0.05) is 31.8 Å². The number of carbonyl (C=O) groups excluding carboxylic acids is 1. The number of nitrogens with one attached hydrogen (secondary N) is 1. The van der Waals surface area contributed by atoms with Crippen LogP contribution in [0.3, 0.4) is 0 Å². The van der Waals surface area contributed by atoms with Crippen molar-refractivity contribution in [2.45, 2.75) is 25.4 Å². The molecule has 2 aromatic rings. The number of aromatic nitrogens is 1. The van der Waals surface area contributed by atoms with Gasteiger partial charge in [-0.25, -0.2) is 4.98 Å². The Labute approximate surface area is 173 Å². The summed E-state index contributed by atoms with van der Waals surface area (Å²) in [5, 5.41) is 14.4. The normalized spacial score (nSPS) is 13.9. The number of rotatable bonds is 7. The lowest BCUT2D eigenvalue weighted by atomic mass is 10.1. The van der Waals surface area contributed by atoms with Crippen LogP contribution in [0.15, 0.2) is 35.4 Å². The summed E-state index contributed by atoms with van der Waals surface area (Å²) < 4.78 is 5.41. The second-order valence-corrected chi connectivity index (χ2v) is 7.87. The van der Waals surface area contributed by atoms with Crippen LogP contribution < -0.4 is 10.2 Å². The van der Waals surface area contributed by atoms with Crippen molar-refractivity contribution in [2.24, 2.45) is 0 Å². The van der Waals surface area contributed by atoms with Gasteiger partial charge in [-0.3, -0.25) is 14.9 Å². The number of carbonyl (C=O) groups is 1. The zero-order valence-electron chi connectivity index (χ0n) is 16.5. The number of thioether (sulfide) groups is 1. The number of hydrogen-bond acceptors (Lipinski definition) is 7. The van der Waals surface area contributed by atoms with E-state index in [1.54, 1.807) is 23.9 Å². The molecule has 9 heteroatoms. The second-order valence-electron chi connectivity index (χ2n) is 6.62. The Balaban J connectivity index is 1.76. The number of anilines is 1. The molecule has 1 saturated heterocycles. The van der Waals surface area contributed by atoms with E-state index in [1.165, 1.54) is 12.1 Å². The summed E-state index contributed by atoms with van der Waals surface area (Å²) in [7, 11) is 0. The molecule has 1 aromatic carbocycles. The highest BCUT2D eigenvalue weighted by Crippen LogP contribution is 2.28. The molecule has 1 fully saturated rings. The predicted molar refractivity (Wildman–Crippen MR) is 113 cm³/mol. The Bertz CT molecular complexity index is 883. The maximum absolute atomic E-state index is 12.9. The number of benzene rings is 1. The molecule has 8 nitrogen and oxygen atoms in total. The van der Waals surface area contributed by atoms with Gasteiger partial charge in [0.15, 0.2) is 0 Å². The summed E-state index contributed by atoms with van der Waals surface area (Å²) in [6.45, 7) is 7.16. The van der Waals surface area contributed by atoms with Crippen LogP contribution in [0.4, 0.5) is 11.5 Å². The lowest BCUT2D eigenvalue weighted by Crippen LogP contribution is -2.37. The number of ether oxygens (including phenoxy) is 1. The van der Waals surface area contributed by atoms with Crippen molar-refractivity contribution in [1.82, 2.24) is 10.3 Å². The first kappa shape index (κ1) is 21.1. The Hall–Kier alpha value is -2.65. The molecule has 0 saturated carbocycles. The van der Waals surface area contributed by atoms with E-state index in [9.17, 15) is 14.9 Å². The molecule has 29 heavy (non-hydrogen) atoms. The first-order valence-electron chi connectivity index (χ1n) is 9.48. The number of nitro groups is 1. The third-order valence-corrected chi connectivity index (χ3v) is 5.47. The lowest BCUT2D eigenvalue weighted by Gasteiger charge is -2.28. The van der Waals surface area contributed by atoms with Gasteiger partial charge in [0.25, 0.3) is 11.6 Å². The third-order valence-electron chi connectivity index (χ3n) is 4.61. The van der Waals surface area contributed by atoms with Crippen molar-refractivity contribution in [2.75, 3.05) is 37.0 Å². The Morgan fingerprint density at radius 2 is 2.00 bits per heavy atom. The summed E-state index contributed by atoms with van der Waals surface area (Å²) in [5.41, 5.74) is 2.28. The van der Waals surface area contributed by atoms with E-state index in [1.807, 2.05) is 19.9 Å². The molecule has 0 unspecified atom stereocenters. The maximum Gasteiger partial charge on any atom is 0.269 e. The molecule has 1 amide bonds. The quantitative estimate of drug-likeness (QED) is 0.420. The van der Waals surface area contributed by atoms with Crippen molar-refractivity contribution in [3.8, 4) is 0 Å². The van der Waals surface area contributed by atoms with Crippen LogP contribution in [0.2, 0.25) is 0 Å². The fraction of sp³-hybridized carbons (Fsp3) is 0.400. The van der Waals surface area contributed by atoms with Crippen LogP contribution in [0.1, 0.15) is 28.4 Å². The number of hydrogen-bond donors (Lipinski definition) is 1. The summed E-state index contributed by atoms with van der Waals surface area (Å²) in [4.78, 5) is 30.1. The van der Waals surface area contributed by atoms with Crippen LogP contribution >= 0.6 is 11.8 Å². The van der Waals surface area contributed by atoms with Crippen molar-refractivity contribution in [3.05, 3.63) is 57.1 Å². The second kappa shape index (κ2) is 9.71. The summed E-state index contributed by atoms with van der Waals surface area (Å²) in [6.07, 6.45) is 0. The minimum atomic E-state index is -0.443. The third kappa shape index (κ3) is 5.24. The molecule has 154 valence electrons. The number of nitrogens with zero attached hydrogens (tertiary/aromatic N) is 3. The minimum absolute atomic E-state index is 0.0282. The zero-order chi connectivity index (χ0) is 20.8. The fourth-order valence-corrected chi connectivity index (χ4v) is 3.93. The summed E-state index contributed by atoms with van der Waals surface area (Å²) >= 11 is 1.54. The van der Waals surface area contributed by atoms with Gasteiger partial charge in [-0.15, -0.1) is 11.8 Å². The summed E-state index contributed by atoms with van der Waals surface area (Å²) in [6, 6.07) is 8.11. The van der Waals surface area contributed by atoms with Gasteiger partial charge >= 0.3 is 0 Å². The van der Waals surface area contributed by atoms with Gasteiger partial charge in [0.1, 0.15) is 10.8 Å². The first-order valence-corrected chi connectivity index (χ1v) is 10.5. The maximum atomic E-state index is 12.9. The van der Waals surface area contributed by atoms with E-state index in [0.29, 0.717) is 18.8 Å². The van der Waals surface area contributed by atoms with E-state index in [-0.39, 0.29) is 18.1 Å². The molecular formula is C20H24N4O4S. The van der Waals surface area contributed by atoms with Crippen LogP contribution in [-0.4, -0.2) is 47.9 Å². The molecule has 1 aliphatic heterocycles. The number of pyridine rings is 1. The van der Waals surface area contributed by atoms with Crippen LogP contribution in [-0.2, 0) is 11.3 Å². The van der Waals surface area contributed by atoms with Crippen LogP contribution in [0, 0.1) is 17.0 Å². The highest BCUT2D eigenvalue weighted by Gasteiger charge is 2.21. The van der Waals surface area contributed by atoms with Crippen molar-refractivity contribution >= 4 is 29.2 Å². The molecule has 0 radical (unpaired) electrons. The molecule has 0 spiro atoms. The number of morpholine rings is 1. The van der Waals surface area contributed by atoms with Gasteiger partial charge in [0.05, 0.1) is 23.7 Å². The molecule has 0 aliphatic carbocycles. The average Bonchev–Trinajstić information content (AvgIpc) is 2.73. The zero-order valence-corrected chi connectivity index (χ0v) is 17.3. The molecule has 2 heterocycles. The number of nitro benzene ring substituents is 1. The highest BCUT2D eigenvalue weighted by atomic mass is 32.2. The topological polar surface area (TPSA) is 97.6 Å². The van der Waals surface area contributed by atoms with E-state index in [2.05, 4.69) is 10.2 Å². The van der Waals surface area contributed by atoms with Crippen LogP contribution in [0.25, 0.3) is 0 Å². The molecule has 1 aliphatic rings. The molecule has 0 bridgehead atoms. The van der Waals surface area contributed by atoms with Gasteiger partial charge in [-0.2, -0.15) is 0 Å². The molecule has 1 N–H and O–H groups in total. The van der Waals surface area contributed by atoms with Gasteiger partial charge in [-0.1, -0.05) is 19.1 Å². The van der Waals surface area contributed by atoms with E-state index in [0.717, 1.165) is 40.8 Å². The lowest BCUT2D eigenvalue weighted by molar-refractivity contribution is -0.384. The Morgan fingerprint density at radius 1 is 1.31 bits per heavy atom. The van der Waals surface area contributed by atoms with Gasteiger partial charge in [-0.05, 0) is 29.9 Å². The Morgan fingerprint density at radius 3 is 2.62 bits per heavy atom. The van der Waals surface area contributed by atoms with E-state index >= 15 is 0 Å². The average molecular weight is 417 g/mol. The largest absolute Gasteiger partial charge is 0.378 e. The monoisotopic (exact) mass is 416 g/mol. The van der Waals surface area contributed by atoms with Crippen molar-refractivity contribution in [3.63, 3.8) is 0 Å². The molecule has 0 atom stereocenters. The Kier molecular flexibility index (Phi) is 7.05. The summed E-state index contributed by atoms with van der Waals surface area (Å²) in [5.74, 6) is 1.48. The van der Waals surface area contributed by atoms with Crippen molar-refractivity contribution in [1.29, 1.82) is 0 Å². The molecule has 1 aromatic heterocycles. The number of non-ortho nitro benzene ring substituents is 1. The van der Waals surface area contributed by atoms with Crippen LogP contribution in [0.5, 0.6) is 0 Å². The highest BCUT2D eigenvalue weighted by molar-refractivity contribution is 7.99. The number of aryl methyl sites for hydroxylation is 1.